The van der Waals surface area contributed by atoms with Crippen molar-refractivity contribution in [3.8, 4) is 0 Å². The van der Waals surface area contributed by atoms with Crippen molar-refractivity contribution in [2.75, 3.05) is 0 Å². The number of hydrogen-bond donors (Lipinski definition) is 1. The molecule has 0 spiro atoms. The molecule has 0 unspecified atom stereocenters. The highest BCUT2D eigenvalue weighted by atomic mass is 32.2. The molecule has 0 saturated carbocycles. The second-order valence-corrected chi connectivity index (χ2v) is 6.74. The van der Waals surface area contributed by atoms with Gasteiger partial charge in [-0.15, -0.1) is 0 Å². The van der Waals surface area contributed by atoms with Crippen LogP contribution in [0.15, 0.2) is 94.7 Å². The first kappa shape index (κ1) is 17.1. The van der Waals surface area contributed by atoms with Crippen LogP contribution in [0.5, 0.6) is 0 Å². The number of aryl methyl sites for hydroxylation is 1. The number of rotatable bonds is 5. The summed E-state index contributed by atoms with van der Waals surface area (Å²) < 4.78 is 0. The summed E-state index contributed by atoms with van der Waals surface area (Å²) in [7, 11) is 0. The van der Waals surface area contributed by atoms with Gasteiger partial charge in [-0.25, -0.2) is 4.79 Å². The largest absolute Gasteiger partial charge is 0.477 e. The summed E-state index contributed by atoms with van der Waals surface area (Å²) in [5.74, 6) is -0.922. The van der Waals surface area contributed by atoms with E-state index in [0.717, 1.165) is 27.2 Å². The molecule has 0 fully saturated rings. The summed E-state index contributed by atoms with van der Waals surface area (Å²) in [5, 5.41) is 9.92. The second-order valence-electron chi connectivity index (χ2n) is 5.66. The lowest BCUT2D eigenvalue weighted by Crippen LogP contribution is -2.03. The van der Waals surface area contributed by atoms with Crippen molar-refractivity contribution in [2.24, 2.45) is 0 Å². The molecule has 0 heterocycles. The van der Waals surface area contributed by atoms with Crippen LogP contribution in [-0.4, -0.2) is 11.1 Å². The highest BCUT2D eigenvalue weighted by molar-refractivity contribution is 8.04. The third-order valence-corrected chi connectivity index (χ3v) is 4.83. The average molecular weight is 346 g/mol. The van der Waals surface area contributed by atoms with Crippen LogP contribution in [0.4, 0.5) is 0 Å². The van der Waals surface area contributed by atoms with E-state index in [2.05, 4.69) is 0 Å². The van der Waals surface area contributed by atoms with Crippen LogP contribution in [0.1, 0.15) is 16.7 Å². The van der Waals surface area contributed by atoms with Crippen molar-refractivity contribution in [3.05, 3.63) is 107 Å². The quantitative estimate of drug-likeness (QED) is 0.480. The van der Waals surface area contributed by atoms with Gasteiger partial charge in [-0.1, -0.05) is 90.1 Å². The van der Waals surface area contributed by atoms with E-state index in [1.807, 2.05) is 91.9 Å². The van der Waals surface area contributed by atoms with Gasteiger partial charge < -0.3 is 5.11 Å². The van der Waals surface area contributed by atoms with Gasteiger partial charge in [-0.2, -0.15) is 0 Å². The Morgan fingerprint density at radius 1 is 0.800 bits per heavy atom. The molecule has 0 aromatic heterocycles. The van der Waals surface area contributed by atoms with Crippen LogP contribution in [-0.2, 0) is 4.79 Å². The van der Waals surface area contributed by atoms with Crippen LogP contribution in [0, 0.1) is 6.92 Å². The number of hydrogen-bond acceptors (Lipinski definition) is 2. The molecule has 3 aromatic carbocycles. The summed E-state index contributed by atoms with van der Waals surface area (Å²) in [6.07, 6.45) is 0. The SMILES string of the molecule is Cc1cccc(SC(C(=O)O)=C(c2ccccc2)c2ccccc2)c1. The highest BCUT2D eigenvalue weighted by Gasteiger charge is 2.19. The fourth-order valence-corrected chi connectivity index (χ4v) is 3.69. The number of carboxylic acid groups (broad SMARTS) is 1. The van der Waals surface area contributed by atoms with Gasteiger partial charge in [0.15, 0.2) is 0 Å². The monoisotopic (exact) mass is 346 g/mol. The first-order chi connectivity index (χ1) is 12.1. The van der Waals surface area contributed by atoms with E-state index in [4.69, 9.17) is 0 Å². The molecule has 0 atom stereocenters. The molecule has 0 aliphatic rings. The fourth-order valence-electron chi connectivity index (χ4n) is 2.64. The first-order valence-corrected chi connectivity index (χ1v) is 8.80. The molecular formula is C22H18O2S. The summed E-state index contributed by atoms with van der Waals surface area (Å²) in [6.45, 7) is 2.00. The van der Waals surface area contributed by atoms with Crippen LogP contribution >= 0.6 is 11.8 Å². The zero-order valence-electron chi connectivity index (χ0n) is 13.8. The molecule has 0 aliphatic carbocycles. The van der Waals surface area contributed by atoms with Gasteiger partial charge in [0.1, 0.15) is 4.91 Å². The van der Waals surface area contributed by atoms with E-state index in [0.29, 0.717) is 4.91 Å². The Morgan fingerprint density at radius 3 is 1.84 bits per heavy atom. The maximum atomic E-state index is 12.1. The number of carbonyl (C=O) groups is 1. The summed E-state index contributed by atoms with van der Waals surface area (Å²) >= 11 is 1.29. The predicted molar refractivity (Wildman–Crippen MR) is 104 cm³/mol. The van der Waals surface area contributed by atoms with Gasteiger partial charge in [0, 0.05) is 10.5 Å². The third-order valence-electron chi connectivity index (χ3n) is 3.76. The van der Waals surface area contributed by atoms with Crippen molar-refractivity contribution >= 4 is 23.3 Å². The lowest BCUT2D eigenvalue weighted by molar-refractivity contribution is -0.131. The van der Waals surface area contributed by atoms with Crippen LogP contribution in [0.2, 0.25) is 0 Å². The van der Waals surface area contributed by atoms with Gasteiger partial charge in [0.2, 0.25) is 0 Å². The Bertz CT molecular complexity index is 858. The van der Waals surface area contributed by atoms with Crippen molar-refractivity contribution in [3.63, 3.8) is 0 Å². The number of thioether (sulfide) groups is 1. The fraction of sp³-hybridized carbons (Fsp3) is 0.0455. The van der Waals surface area contributed by atoms with Crippen molar-refractivity contribution < 1.29 is 9.90 Å². The Labute approximate surface area is 151 Å². The van der Waals surface area contributed by atoms with E-state index < -0.39 is 5.97 Å². The van der Waals surface area contributed by atoms with E-state index in [1.54, 1.807) is 0 Å². The van der Waals surface area contributed by atoms with E-state index in [1.165, 1.54) is 11.8 Å². The molecule has 0 bridgehead atoms. The first-order valence-electron chi connectivity index (χ1n) is 7.98. The van der Waals surface area contributed by atoms with Gasteiger partial charge >= 0.3 is 5.97 Å². The Morgan fingerprint density at radius 2 is 1.36 bits per heavy atom. The normalized spacial score (nSPS) is 10.3. The molecule has 2 nitrogen and oxygen atoms in total. The zero-order chi connectivity index (χ0) is 17.6. The maximum absolute atomic E-state index is 12.1. The van der Waals surface area contributed by atoms with Gasteiger partial charge in [-0.05, 0) is 30.2 Å². The molecule has 0 radical (unpaired) electrons. The molecule has 0 amide bonds. The molecule has 124 valence electrons. The second kappa shape index (κ2) is 7.86. The minimum Gasteiger partial charge on any atom is -0.477 e. The van der Waals surface area contributed by atoms with Crippen LogP contribution in [0.3, 0.4) is 0 Å². The van der Waals surface area contributed by atoms with Crippen LogP contribution in [0.25, 0.3) is 5.57 Å². The van der Waals surface area contributed by atoms with Gasteiger partial charge in [0.05, 0.1) is 0 Å². The molecule has 25 heavy (non-hydrogen) atoms. The number of carboxylic acids is 1. The van der Waals surface area contributed by atoms with Gasteiger partial charge in [0.25, 0.3) is 0 Å². The molecule has 0 saturated heterocycles. The van der Waals surface area contributed by atoms with E-state index >= 15 is 0 Å². The minimum atomic E-state index is -0.922. The minimum absolute atomic E-state index is 0.322. The molecule has 3 rings (SSSR count). The average Bonchev–Trinajstić information content (AvgIpc) is 2.63. The number of benzene rings is 3. The Balaban J connectivity index is 2.19. The number of aliphatic carboxylic acids is 1. The summed E-state index contributed by atoms with van der Waals surface area (Å²) in [5.41, 5.74) is 3.63. The Hall–Kier alpha value is -2.78. The van der Waals surface area contributed by atoms with Crippen LogP contribution < -0.4 is 0 Å². The molecule has 0 aliphatic heterocycles. The van der Waals surface area contributed by atoms with E-state index in [9.17, 15) is 9.90 Å². The lowest BCUT2D eigenvalue weighted by atomic mass is 9.97. The third kappa shape index (κ3) is 4.20. The Kier molecular flexibility index (Phi) is 5.36. The lowest BCUT2D eigenvalue weighted by Gasteiger charge is -2.13. The summed E-state index contributed by atoms with van der Waals surface area (Å²) in [6, 6.07) is 27.2. The zero-order valence-corrected chi connectivity index (χ0v) is 14.7. The predicted octanol–water partition coefficient (Wildman–Crippen LogP) is 5.63. The maximum Gasteiger partial charge on any atom is 0.343 e. The smallest absolute Gasteiger partial charge is 0.343 e. The molecule has 1 N–H and O–H groups in total. The standard InChI is InChI=1S/C22H18O2S/c1-16-9-8-14-19(15-16)25-21(22(23)24)20(17-10-4-2-5-11-17)18-12-6-3-7-13-18/h2-15H,1H3,(H,23,24). The van der Waals surface area contributed by atoms with Crippen molar-refractivity contribution in [1.29, 1.82) is 0 Å². The van der Waals surface area contributed by atoms with Crippen molar-refractivity contribution in [2.45, 2.75) is 11.8 Å². The molecule has 3 heteroatoms. The highest BCUT2D eigenvalue weighted by Crippen LogP contribution is 2.37. The van der Waals surface area contributed by atoms with E-state index in [-0.39, 0.29) is 0 Å². The molecule has 3 aromatic rings. The molecular weight excluding hydrogens is 328 g/mol. The summed E-state index contributed by atoms with van der Waals surface area (Å²) in [4.78, 5) is 13.3. The van der Waals surface area contributed by atoms with Crippen molar-refractivity contribution in [1.82, 2.24) is 0 Å². The van der Waals surface area contributed by atoms with Gasteiger partial charge in [-0.3, -0.25) is 0 Å². The topological polar surface area (TPSA) is 37.3 Å².